The summed E-state index contributed by atoms with van der Waals surface area (Å²) >= 11 is 5.75. The predicted molar refractivity (Wildman–Crippen MR) is 62.5 cm³/mol. The van der Waals surface area contributed by atoms with Crippen molar-refractivity contribution < 1.29 is 8.42 Å². The molecule has 0 aromatic carbocycles. The van der Waals surface area contributed by atoms with E-state index in [-0.39, 0.29) is 17.5 Å². The Labute approximate surface area is 99.4 Å². The molecule has 1 saturated heterocycles. The second-order valence-electron chi connectivity index (χ2n) is 3.86. The van der Waals surface area contributed by atoms with Gasteiger partial charge in [0.05, 0.1) is 23.9 Å². The van der Waals surface area contributed by atoms with Crippen molar-refractivity contribution in [1.82, 2.24) is 9.97 Å². The molecule has 16 heavy (non-hydrogen) atoms. The molecule has 1 fully saturated rings. The van der Waals surface area contributed by atoms with Crippen molar-refractivity contribution in [3.05, 3.63) is 17.5 Å². The molecule has 1 unspecified atom stereocenters. The van der Waals surface area contributed by atoms with Crippen molar-refractivity contribution in [2.45, 2.75) is 13.0 Å². The molecule has 0 radical (unpaired) electrons. The summed E-state index contributed by atoms with van der Waals surface area (Å²) in [7, 11) is -2.91. The van der Waals surface area contributed by atoms with Gasteiger partial charge < -0.3 is 4.90 Å². The zero-order chi connectivity index (χ0) is 11.8. The number of halogens is 1. The van der Waals surface area contributed by atoms with Crippen LogP contribution in [-0.4, -0.2) is 42.5 Å². The number of anilines is 1. The topological polar surface area (TPSA) is 63.2 Å². The zero-order valence-electron chi connectivity index (χ0n) is 8.80. The largest absolute Gasteiger partial charge is 0.351 e. The van der Waals surface area contributed by atoms with E-state index in [1.807, 2.05) is 11.8 Å². The third-order valence-corrected chi connectivity index (χ3v) is 4.53. The summed E-state index contributed by atoms with van der Waals surface area (Å²) in [6.07, 6.45) is 3.05. The first-order valence-corrected chi connectivity index (χ1v) is 7.12. The van der Waals surface area contributed by atoms with Gasteiger partial charge in [0.1, 0.15) is 11.0 Å². The van der Waals surface area contributed by atoms with Crippen LogP contribution in [0, 0.1) is 0 Å². The molecular formula is C9H12ClN3O2S. The SMILES string of the molecule is CC1CS(=O)(=O)CCN1c1cncc(Cl)n1. The number of hydrogen-bond donors (Lipinski definition) is 0. The maximum Gasteiger partial charge on any atom is 0.154 e. The molecule has 0 bridgehead atoms. The molecule has 5 nitrogen and oxygen atoms in total. The van der Waals surface area contributed by atoms with Crippen LogP contribution in [0.1, 0.15) is 6.92 Å². The van der Waals surface area contributed by atoms with E-state index in [1.54, 1.807) is 6.20 Å². The smallest absolute Gasteiger partial charge is 0.154 e. The first kappa shape index (κ1) is 11.6. The van der Waals surface area contributed by atoms with E-state index in [0.717, 1.165) is 0 Å². The second kappa shape index (κ2) is 4.18. The molecule has 1 aromatic rings. The number of nitrogens with zero attached hydrogens (tertiary/aromatic N) is 3. The van der Waals surface area contributed by atoms with E-state index in [4.69, 9.17) is 11.6 Å². The van der Waals surface area contributed by atoms with Gasteiger partial charge in [-0.25, -0.2) is 13.4 Å². The molecule has 1 aromatic heterocycles. The summed E-state index contributed by atoms with van der Waals surface area (Å²) in [5.74, 6) is 0.946. The fraction of sp³-hybridized carbons (Fsp3) is 0.556. The van der Waals surface area contributed by atoms with E-state index < -0.39 is 9.84 Å². The summed E-state index contributed by atoms with van der Waals surface area (Å²) in [5.41, 5.74) is 0. The molecule has 0 N–H and O–H groups in total. The van der Waals surface area contributed by atoms with Gasteiger partial charge in [-0.3, -0.25) is 4.98 Å². The Hall–Kier alpha value is -0.880. The molecule has 0 amide bonds. The zero-order valence-corrected chi connectivity index (χ0v) is 10.4. The van der Waals surface area contributed by atoms with Crippen LogP contribution in [-0.2, 0) is 9.84 Å². The minimum absolute atomic E-state index is 0.0912. The van der Waals surface area contributed by atoms with E-state index in [0.29, 0.717) is 17.5 Å². The summed E-state index contributed by atoms with van der Waals surface area (Å²) in [6, 6.07) is -0.0912. The molecule has 1 aliphatic rings. The van der Waals surface area contributed by atoms with Crippen LogP contribution in [0.15, 0.2) is 12.4 Å². The monoisotopic (exact) mass is 261 g/mol. The van der Waals surface area contributed by atoms with Gasteiger partial charge in [-0.15, -0.1) is 0 Å². The summed E-state index contributed by atoms with van der Waals surface area (Å²) in [5, 5.41) is 0.318. The van der Waals surface area contributed by atoms with Crippen LogP contribution in [0.5, 0.6) is 0 Å². The molecule has 1 atom stereocenters. The van der Waals surface area contributed by atoms with Crippen molar-refractivity contribution >= 4 is 27.3 Å². The third-order valence-electron chi connectivity index (χ3n) is 2.56. The second-order valence-corrected chi connectivity index (χ2v) is 6.47. The highest BCUT2D eigenvalue weighted by Gasteiger charge is 2.29. The van der Waals surface area contributed by atoms with E-state index >= 15 is 0 Å². The van der Waals surface area contributed by atoms with Gasteiger partial charge in [0, 0.05) is 12.6 Å². The van der Waals surface area contributed by atoms with Gasteiger partial charge in [0.25, 0.3) is 0 Å². The minimum Gasteiger partial charge on any atom is -0.351 e. The molecule has 2 rings (SSSR count). The Morgan fingerprint density at radius 1 is 1.50 bits per heavy atom. The molecule has 2 heterocycles. The van der Waals surface area contributed by atoms with Crippen molar-refractivity contribution in [3.8, 4) is 0 Å². The predicted octanol–water partition coefficient (Wildman–Crippen LogP) is 0.753. The fourth-order valence-corrected chi connectivity index (χ4v) is 3.51. The van der Waals surface area contributed by atoms with Crippen LogP contribution < -0.4 is 4.90 Å². The van der Waals surface area contributed by atoms with Crippen molar-refractivity contribution in [1.29, 1.82) is 0 Å². The Morgan fingerprint density at radius 2 is 2.25 bits per heavy atom. The Balaban J connectivity index is 2.24. The molecule has 0 aliphatic carbocycles. The van der Waals surface area contributed by atoms with Gasteiger partial charge in [0.15, 0.2) is 9.84 Å². The molecule has 7 heteroatoms. The van der Waals surface area contributed by atoms with Gasteiger partial charge >= 0.3 is 0 Å². The Morgan fingerprint density at radius 3 is 2.88 bits per heavy atom. The van der Waals surface area contributed by atoms with Crippen LogP contribution >= 0.6 is 11.6 Å². The van der Waals surface area contributed by atoms with Gasteiger partial charge in [-0.2, -0.15) is 0 Å². The van der Waals surface area contributed by atoms with Crippen molar-refractivity contribution in [3.63, 3.8) is 0 Å². The van der Waals surface area contributed by atoms with E-state index in [9.17, 15) is 8.42 Å². The summed E-state index contributed by atoms with van der Waals surface area (Å²) in [6.45, 7) is 2.30. The lowest BCUT2D eigenvalue weighted by molar-refractivity contribution is 0.566. The van der Waals surface area contributed by atoms with E-state index in [2.05, 4.69) is 9.97 Å². The van der Waals surface area contributed by atoms with Crippen LogP contribution in [0.25, 0.3) is 0 Å². The van der Waals surface area contributed by atoms with Crippen molar-refractivity contribution in [2.24, 2.45) is 0 Å². The maximum absolute atomic E-state index is 11.4. The average molecular weight is 262 g/mol. The summed E-state index contributed by atoms with van der Waals surface area (Å²) in [4.78, 5) is 9.99. The van der Waals surface area contributed by atoms with E-state index in [1.165, 1.54) is 6.20 Å². The lowest BCUT2D eigenvalue weighted by Crippen LogP contribution is -2.47. The molecular weight excluding hydrogens is 250 g/mol. The van der Waals surface area contributed by atoms with Crippen LogP contribution in [0.3, 0.4) is 0 Å². The first-order valence-electron chi connectivity index (χ1n) is 4.92. The van der Waals surface area contributed by atoms with Crippen molar-refractivity contribution in [2.75, 3.05) is 23.0 Å². The average Bonchev–Trinajstić information content (AvgIpc) is 2.15. The highest BCUT2D eigenvalue weighted by atomic mass is 35.5. The lowest BCUT2D eigenvalue weighted by atomic mass is 10.3. The third kappa shape index (κ3) is 2.44. The standard InChI is InChI=1S/C9H12ClN3O2S/c1-7-6-16(14,15)3-2-13(7)9-5-11-4-8(10)12-9/h4-5,7H,2-3,6H2,1H3. The fourth-order valence-electron chi connectivity index (χ4n) is 1.81. The molecule has 0 saturated carbocycles. The number of aromatic nitrogens is 2. The quantitative estimate of drug-likeness (QED) is 0.747. The highest BCUT2D eigenvalue weighted by Crippen LogP contribution is 2.19. The van der Waals surface area contributed by atoms with Gasteiger partial charge in [-0.1, -0.05) is 11.6 Å². The Bertz CT molecular complexity index is 491. The first-order chi connectivity index (χ1) is 7.48. The molecule has 1 aliphatic heterocycles. The molecule has 88 valence electrons. The highest BCUT2D eigenvalue weighted by molar-refractivity contribution is 7.91. The normalized spacial score (nSPS) is 24.4. The molecule has 0 spiro atoms. The number of rotatable bonds is 1. The van der Waals surface area contributed by atoms with Gasteiger partial charge in [-0.05, 0) is 6.92 Å². The lowest BCUT2D eigenvalue weighted by Gasteiger charge is -2.33. The minimum atomic E-state index is -2.91. The van der Waals surface area contributed by atoms with Crippen LogP contribution in [0.4, 0.5) is 5.82 Å². The summed E-state index contributed by atoms with van der Waals surface area (Å²) < 4.78 is 22.8. The van der Waals surface area contributed by atoms with Crippen LogP contribution in [0.2, 0.25) is 5.15 Å². The maximum atomic E-state index is 11.4. The Kier molecular flexibility index (Phi) is 3.03. The van der Waals surface area contributed by atoms with Gasteiger partial charge in [0.2, 0.25) is 0 Å². The number of hydrogen-bond acceptors (Lipinski definition) is 5. The number of sulfone groups is 1.